The van der Waals surface area contributed by atoms with Crippen molar-refractivity contribution in [3.05, 3.63) is 77.6 Å². The van der Waals surface area contributed by atoms with Gasteiger partial charge in [0.25, 0.3) is 5.91 Å². The fraction of sp³-hybridized carbons (Fsp3) is 0.182. The average molecular weight is 390 g/mol. The van der Waals surface area contributed by atoms with Gasteiger partial charge < -0.3 is 15.0 Å². The van der Waals surface area contributed by atoms with Crippen LogP contribution in [0, 0.1) is 6.92 Å². The van der Waals surface area contributed by atoms with Gasteiger partial charge in [-0.1, -0.05) is 18.2 Å². The minimum absolute atomic E-state index is 0.263. The number of nitrogens with one attached hydrogen (secondary N) is 1. The van der Waals surface area contributed by atoms with Crippen LogP contribution in [-0.2, 0) is 4.74 Å². The summed E-state index contributed by atoms with van der Waals surface area (Å²) < 4.78 is 4.67. The summed E-state index contributed by atoms with van der Waals surface area (Å²) in [5.74, 6) is -0.323. The van der Waals surface area contributed by atoms with Crippen LogP contribution in [0.5, 0.6) is 0 Å². The first-order chi connectivity index (χ1) is 14.0. The quantitative estimate of drug-likeness (QED) is 0.641. The van der Waals surface area contributed by atoms with E-state index in [0.29, 0.717) is 29.4 Å². The molecule has 0 aliphatic carbocycles. The number of rotatable bonds is 6. The summed E-state index contributed by atoms with van der Waals surface area (Å²) in [6, 6.07) is 17.9. The van der Waals surface area contributed by atoms with E-state index in [0.717, 1.165) is 5.69 Å². The second kappa shape index (κ2) is 8.97. The van der Waals surface area contributed by atoms with Gasteiger partial charge in [0.1, 0.15) is 5.69 Å². The third-order valence-electron chi connectivity index (χ3n) is 4.26. The van der Waals surface area contributed by atoms with Crippen LogP contribution < -0.4 is 10.2 Å². The Morgan fingerprint density at radius 3 is 2.34 bits per heavy atom. The summed E-state index contributed by atoms with van der Waals surface area (Å²) in [4.78, 5) is 35.1. The number of esters is 1. The number of aromatic nitrogens is 2. The maximum atomic E-state index is 12.7. The van der Waals surface area contributed by atoms with Crippen molar-refractivity contribution in [2.24, 2.45) is 0 Å². The highest BCUT2D eigenvalue weighted by molar-refractivity contribution is 6.03. The topological polar surface area (TPSA) is 84.4 Å². The van der Waals surface area contributed by atoms with Crippen molar-refractivity contribution in [2.75, 3.05) is 23.9 Å². The van der Waals surface area contributed by atoms with Gasteiger partial charge in [-0.25, -0.2) is 14.8 Å². The molecule has 148 valence electrons. The number of benzene rings is 2. The van der Waals surface area contributed by atoms with E-state index in [1.54, 1.807) is 30.3 Å². The van der Waals surface area contributed by atoms with E-state index in [2.05, 4.69) is 20.0 Å². The molecule has 29 heavy (non-hydrogen) atoms. The van der Waals surface area contributed by atoms with Crippen LogP contribution in [0.4, 0.5) is 17.3 Å². The van der Waals surface area contributed by atoms with Gasteiger partial charge in [0.15, 0.2) is 0 Å². The Balaban J connectivity index is 1.83. The number of hydrogen-bond acceptors (Lipinski definition) is 6. The highest BCUT2D eigenvalue weighted by Crippen LogP contribution is 2.22. The molecule has 7 heteroatoms. The van der Waals surface area contributed by atoms with E-state index in [1.165, 1.54) is 7.11 Å². The molecule has 0 fully saturated rings. The van der Waals surface area contributed by atoms with Crippen molar-refractivity contribution in [3.8, 4) is 0 Å². The summed E-state index contributed by atoms with van der Waals surface area (Å²) in [6.07, 6.45) is 0. The lowest BCUT2D eigenvalue weighted by molar-refractivity contribution is 0.0600. The molecule has 3 rings (SSSR count). The zero-order valence-corrected chi connectivity index (χ0v) is 16.5. The number of aryl methyl sites for hydroxylation is 1. The summed E-state index contributed by atoms with van der Waals surface area (Å²) in [5.41, 5.74) is 2.86. The van der Waals surface area contributed by atoms with Crippen LogP contribution in [0.1, 0.15) is 33.5 Å². The second-order valence-electron chi connectivity index (χ2n) is 6.30. The number of carbonyl (C=O) groups is 2. The molecule has 1 heterocycles. The zero-order valence-electron chi connectivity index (χ0n) is 16.5. The fourth-order valence-corrected chi connectivity index (χ4v) is 2.84. The monoisotopic (exact) mass is 390 g/mol. The van der Waals surface area contributed by atoms with Crippen molar-refractivity contribution in [2.45, 2.75) is 13.8 Å². The maximum absolute atomic E-state index is 12.7. The molecule has 0 aliphatic heterocycles. The van der Waals surface area contributed by atoms with E-state index in [-0.39, 0.29) is 11.6 Å². The van der Waals surface area contributed by atoms with Gasteiger partial charge in [0.2, 0.25) is 5.95 Å². The average Bonchev–Trinajstić information content (AvgIpc) is 2.74. The molecule has 1 amide bonds. The van der Waals surface area contributed by atoms with Crippen LogP contribution in [0.3, 0.4) is 0 Å². The molecule has 0 saturated carbocycles. The lowest BCUT2D eigenvalue weighted by Gasteiger charge is -2.21. The van der Waals surface area contributed by atoms with E-state index >= 15 is 0 Å². The predicted molar refractivity (Wildman–Crippen MR) is 112 cm³/mol. The summed E-state index contributed by atoms with van der Waals surface area (Å²) >= 11 is 0. The number of para-hydroxylation sites is 1. The van der Waals surface area contributed by atoms with Crippen molar-refractivity contribution in [1.82, 2.24) is 9.97 Å². The van der Waals surface area contributed by atoms with Gasteiger partial charge in [-0.15, -0.1) is 0 Å². The molecule has 2 aromatic carbocycles. The van der Waals surface area contributed by atoms with Gasteiger partial charge in [-0.3, -0.25) is 4.79 Å². The molecule has 0 unspecified atom stereocenters. The Morgan fingerprint density at radius 1 is 1.03 bits per heavy atom. The number of carbonyl (C=O) groups excluding carboxylic acids is 2. The number of anilines is 3. The number of amides is 1. The van der Waals surface area contributed by atoms with E-state index in [9.17, 15) is 9.59 Å². The molecule has 3 aromatic rings. The smallest absolute Gasteiger partial charge is 0.337 e. The van der Waals surface area contributed by atoms with Crippen molar-refractivity contribution >= 4 is 29.2 Å². The SMILES string of the molecule is CCN(c1ccccc1)c1nc(C)cc(C(=O)Nc2ccc(C(=O)OC)cc2)n1. The Kier molecular flexibility index (Phi) is 6.19. The maximum Gasteiger partial charge on any atom is 0.337 e. The fourth-order valence-electron chi connectivity index (χ4n) is 2.84. The molecule has 0 bridgehead atoms. The van der Waals surface area contributed by atoms with Crippen LogP contribution >= 0.6 is 0 Å². The third-order valence-corrected chi connectivity index (χ3v) is 4.26. The standard InChI is InChI=1S/C22H22N4O3/c1-4-26(18-8-6-5-7-9-18)22-23-15(2)14-19(25-22)20(27)24-17-12-10-16(11-13-17)21(28)29-3/h5-14H,4H2,1-3H3,(H,24,27). The van der Waals surface area contributed by atoms with Crippen molar-refractivity contribution in [3.63, 3.8) is 0 Å². The van der Waals surface area contributed by atoms with E-state index < -0.39 is 5.97 Å². The second-order valence-corrected chi connectivity index (χ2v) is 6.30. The molecule has 1 aromatic heterocycles. The number of methoxy groups -OCH3 is 1. The van der Waals surface area contributed by atoms with Gasteiger partial charge in [-0.2, -0.15) is 0 Å². The van der Waals surface area contributed by atoms with Crippen LogP contribution in [0.2, 0.25) is 0 Å². The van der Waals surface area contributed by atoms with Crippen LogP contribution in [0.15, 0.2) is 60.7 Å². The molecule has 0 aliphatic rings. The molecule has 0 spiro atoms. The molecule has 0 atom stereocenters. The lowest BCUT2D eigenvalue weighted by Crippen LogP contribution is -2.22. The minimum atomic E-state index is -0.431. The van der Waals surface area contributed by atoms with Crippen LogP contribution in [0.25, 0.3) is 0 Å². The first-order valence-electron chi connectivity index (χ1n) is 9.19. The Hall–Kier alpha value is -3.74. The van der Waals surface area contributed by atoms with Gasteiger partial charge in [0, 0.05) is 23.6 Å². The normalized spacial score (nSPS) is 10.3. The van der Waals surface area contributed by atoms with Crippen molar-refractivity contribution in [1.29, 1.82) is 0 Å². The van der Waals surface area contributed by atoms with Gasteiger partial charge >= 0.3 is 5.97 Å². The first kappa shape index (κ1) is 20.0. The number of nitrogens with zero attached hydrogens (tertiary/aromatic N) is 3. The highest BCUT2D eigenvalue weighted by Gasteiger charge is 2.16. The largest absolute Gasteiger partial charge is 0.465 e. The Bertz CT molecular complexity index is 1000. The molecular formula is C22H22N4O3. The summed E-state index contributed by atoms with van der Waals surface area (Å²) in [6.45, 7) is 4.48. The lowest BCUT2D eigenvalue weighted by atomic mass is 10.2. The van der Waals surface area contributed by atoms with Gasteiger partial charge in [0.05, 0.1) is 12.7 Å². The van der Waals surface area contributed by atoms with E-state index in [4.69, 9.17) is 0 Å². The van der Waals surface area contributed by atoms with Crippen LogP contribution in [-0.4, -0.2) is 35.5 Å². The Labute approximate surface area is 169 Å². The van der Waals surface area contributed by atoms with Crippen molar-refractivity contribution < 1.29 is 14.3 Å². The molecule has 7 nitrogen and oxygen atoms in total. The van der Waals surface area contributed by atoms with E-state index in [1.807, 2.05) is 49.1 Å². The zero-order chi connectivity index (χ0) is 20.8. The molecule has 0 saturated heterocycles. The predicted octanol–water partition coefficient (Wildman–Crippen LogP) is 3.98. The molecule has 0 radical (unpaired) electrons. The third kappa shape index (κ3) is 4.76. The number of ether oxygens (including phenoxy) is 1. The van der Waals surface area contributed by atoms with Gasteiger partial charge in [-0.05, 0) is 56.3 Å². The summed E-state index contributed by atoms with van der Waals surface area (Å²) in [5, 5.41) is 2.79. The first-order valence-corrected chi connectivity index (χ1v) is 9.19. The molecule has 1 N–H and O–H groups in total. The number of hydrogen-bond donors (Lipinski definition) is 1. The minimum Gasteiger partial charge on any atom is -0.465 e. The Morgan fingerprint density at radius 2 is 1.72 bits per heavy atom. The highest BCUT2D eigenvalue weighted by atomic mass is 16.5. The molecular weight excluding hydrogens is 368 g/mol. The summed E-state index contributed by atoms with van der Waals surface area (Å²) in [7, 11) is 1.32.